The van der Waals surface area contributed by atoms with Crippen molar-refractivity contribution in [2.75, 3.05) is 45.9 Å². The average Bonchev–Trinajstić information content (AvgIpc) is 2.61. The summed E-state index contributed by atoms with van der Waals surface area (Å²) in [4.78, 5) is 6.91. The fraction of sp³-hybridized carbons (Fsp3) is 0.500. The van der Waals surface area contributed by atoms with E-state index in [-0.39, 0.29) is 35.8 Å². The van der Waals surface area contributed by atoms with Crippen LogP contribution in [-0.2, 0) is 4.74 Å². The fourth-order valence-corrected chi connectivity index (χ4v) is 2.69. The first kappa shape index (κ1) is 21.7. The molecule has 1 aromatic carbocycles. The van der Waals surface area contributed by atoms with Crippen LogP contribution in [0.1, 0.15) is 18.5 Å². The summed E-state index contributed by atoms with van der Waals surface area (Å²) in [5.74, 6) is 2.98. The van der Waals surface area contributed by atoms with Crippen molar-refractivity contribution in [3.05, 3.63) is 35.6 Å². The Labute approximate surface area is 166 Å². The van der Waals surface area contributed by atoms with Gasteiger partial charge in [0.25, 0.3) is 0 Å². The van der Waals surface area contributed by atoms with E-state index in [1.54, 1.807) is 12.1 Å². The van der Waals surface area contributed by atoms with E-state index in [0.29, 0.717) is 32.3 Å². The summed E-state index contributed by atoms with van der Waals surface area (Å²) in [6, 6.07) is 6.73. The van der Waals surface area contributed by atoms with E-state index in [1.807, 2.05) is 13.0 Å². The summed E-state index contributed by atoms with van der Waals surface area (Å²) < 4.78 is 19.1. The third kappa shape index (κ3) is 7.18. The van der Waals surface area contributed by atoms with Gasteiger partial charge >= 0.3 is 0 Å². The first-order chi connectivity index (χ1) is 11.7. The lowest BCUT2D eigenvalue weighted by Gasteiger charge is -2.34. The highest BCUT2D eigenvalue weighted by atomic mass is 127. The van der Waals surface area contributed by atoms with Crippen LogP contribution in [0.15, 0.2) is 29.3 Å². The van der Waals surface area contributed by atoms with Gasteiger partial charge in [0, 0.05) is 19.6 Å². The van der Waals surface area contributed by atoms with Gasteiger partial charge in [-0.1, -0.05) is 18.1 Å². The van der Waals surface area contributed by atoms with Gasteiger partial charge in [0.15, 0.2) is 5.96 Å². The lowest BCUT2D eigenvalue weighted by atomic mass is 10.0. The molecule has 0 saturated carbocycles. The van der Waals surface area contributed by atoms with Crippen LogP contribution < -0.4 is 10.6 Å². The summed E-state index contributed by atoms with van der Waals surface area (Å²) in [6.07, 6.45) is 5.29. The van der Waals surface area contributed by atoms with Crippen LogP contribution in [0, 0.1) is 18.2 Å². The van der Waals surface area contributed by atoms with Crippen LogP contribution in [0.3, 0.4) is 0 Å². The molecule has 0 aliphatic carbocycles. The van der Waals surface area contributed by atoms with Crippen LogP contribution >= 0.6 is 24.0 Å². The van der Waals surface area contributed by atoms with E-state index in [4.69, 9.17) is 11.2 Å². The number of nitrogens with zero attached hydrogens (tertiary/aromatic N) is 2. The number of halogens is 2. The molecule has 7 heteroatoms. The normalized spacial score (nSPS) is 16.4. The molecule has 0 radical (unpaired) electrons. The Balaban J connectivity index is 0.00000312. The lowest BCUT2D eigenvalue weighted by molar-refractivity contribution is 0.0179. The molecule has 1 aliphatic heterocycles. The molecule has 25 heavy (non-hydrogen) atoms. The minimum Gasteiger partial charge on any atom is -0.379 e. The number of guanidine groups is 1. The quantitative estimate of drug-likeness (QED) is 0.295. The highest BCUT2D eigenvalue weighted by Gasteiger charge is 2.23. The maximum Gasteiger partial charge on any atom is 0.192 e. The second kappa shape index (κ2) is 12.1. The number of benzene rings is 1. The van der Waals surface area contributed by atoms with Crippen molar-refractivity contribution in [2.45, 2.75) is 13.0 Å². The zero-order valence-electron chi connectivity index (χ0n) is 14.5. The van der Waals surface area contributed by atoms with Gasteiger partial charge in [-0.05, 0) is 24.6 Å². The van der Waals surface area contributed by atoms with Gasteiger partial charge in [0.1, 0.15) is 5.82 Å². The standard InChI is InChI=1S/C18H25FN4O.HI/c1-3-8-21-18(20-4-2)22-14-17(23-9-11-24-12-10-23)15-6-5-7-16(19)13-15;/h1,5-7,13,17H,4,8-12,14H2,2H3,(H2,20,21,22);1H. The summed E-state index contributed by atoms with van der Waals surface area (Å²) in [5.41, 5.74) is 0.924. The molecular formula is C18H26FIN4O. The van der Waals surface area contributed by atoms with Crippen molar-refractivity contribution in [1.29, 1.82) is 0 Å². The second-order valence-electron chi connectivity index (χ2n) is 5.50. The number of terminal acetylenes is 1. The SMILES string of the molecule is C#CCNC(=NCC(c1cccc(F)c1)N1CCOCC1)NCC.I. The molecule has 1 aromatic rings. The predicted octanol–water partition coefficient (Wildman–Crippen LogP) is 2.01. The number of hydrogen-bond donors (Lipinski definition) is 2. The minimum atomic E-state index is -0.230. The summed E-state index contributed by atoms with van der Waals surface area (Å²) >= 11 is 0. The lowest BCUT2D eigenvalue weighted by Crippen LogP contribution is -2.42. The molecule has 2 rings (SSSR count). The van der Waals surface area contributed by atoms with Crippen LogP contribution in [0.2, 0.25) is 0 Å². The van der Waals surface area contributed by atoms with E-state index in [1.165, 1.54) is 6.07 Å². The van der Waals surface area contributed by atoms with E-state index in [0.717, 1.165) is 25.2 Å². The van der Waals surface area contributed by atoms with Crippen molar-refractivity contribution in [2.24, 2.45) is 4.99 Å². The van der Waals surface area contributed by atoms with E-state index < -0.39 is 0 Å². The Bertz CT molecular complexity index is 585. The number of morpholine rings is 1. The molecule has 1 unspecified atom stereocenters. The van der Waals surface area contributed by atoms with Gasteiger partial charge in [0.2, 0.25) is 0 Å². The number of aliphatic imine (C=N–C) groups is 1. The Hall–Kier alpha value is -1.37. The average molecular weight is 460 g/mol. The maximum atomic E-state index is 13.7. The second-order valence-corrected chi connectivity index (χ2v) is 5.50. The zero-order valence-corrected chi connectivity index (χ0v) is 16.8. The Morgan fingerprint density at radius 2 is 2.16 bits per heavy atom. The van der Waals surface area contributed by atoms with Crippen molar-refractivity contribution in [3.8, 4) is 12.3 Å². The third-order valence-electron chi connectivity index (χ3n) is 3.84. The number of hydrogen-bond acceptors (Lipinski definition) is 3. The maximum absolute atomic E-state index is 13.7. The topological polar surface area (TPSA) is 48.9 Å². The number of ether oxygens (including phenoxy) is 1. The van der Waals surface area contributed by atoms with Gasteiger partial charge in [-0.2, -0.15) is 0 Å². The predicted molar refractivity (Wildman–Crippen MR) is 110 cm³/mol. The number of rotatable bonds is 6. The third-order valence-corrected chi connectivity index (χ3v) is 3.84. The van der Waals surface area contributed by atoms with Gasteiger partial charge in [-0.25, -0.2) is 4.39 Å². The van der Waals surface area contributed by atoms with E-state index in [9.17, 15) is 4.39 Å². The smallest absolute Gasteiger partial charge is 0.192 e. The van der Waals surface area contributed by atoms with Crippen molar-refractivity contribution >= 4 is 29.9 Å². The molecule has 0 amide bonds. The zero-order chi connectivity index (χ0) is 17.2. The molecule has 1 aliphatic rings. The Morgan fingerprint density at radius 1 is 1.40 bits per heavy atom. The van der Waals surface area contributed by atoms with E-state index >= 15 is 0 Å². The highest BCUT2D eigenvalue weighted by Crippen LogP contribution is 2.23. The molecule has 1 atom stereocenters. The first-order valence-electron chi connectivity index (χ1n) is 8.27. The molecule has 0 bridgehead atoms. The van der Waals surface area contributed by atoms with Gasteiger partial charge in [-0.3, -0.25) is 9.89 Å². The minimum absolute atomic E-state index is 0. The molecule has 138 valence electrons. The molecule has 0 aromatic heterocycles. The van der Waals surface area contributed by atoms with Gasteiger partial charge in [0.05, 0.1) is 32.3 Å². The Kier molecular flexibility index (Phi) is 10.5. The van der Waals surface area contributed by atoms with Crippen molar-refractivity contribution in [1.82, 2.24) is 15.5 Å². The van der Waals surface area contributed by atoms with Crippen LogP contribution in [0.5, 0.6) is 0 Å². The molecule has 1 fully saturated rings. The van der Waals surface area contributed by atoms with Crippen LogP contribution in [0.4, 0.5) is 4.39 Å². The van der Waals surface area contributed by atoms with Crippen LogP contribution in [0.25, 0.3) is 0 Å². The summed E-state index contributed by atoms with van der Waals surface area (Å²) in [7, 11) is 0. The van der Waals surface area contributed by atoms with Crippen molar-refractivity contribution < 1.29 is 9.13 Å². The van der Waals surface area contributed by atoms with Crippen LogP contribution in [-0.4, -0.2) is 56.8 Å². The van der Waals surface area contributed by atoms with E-state index in [2.05, 4.69) is 26.4 Å². The molecule has 2 N–H and O–H groups in total. The summed E-state index contributed by atoms with van der Waals surface area (Å²) in [6.45, 7) is 6.67. The summed E-state index contributed by atoms with van der Waals surface area (Å²) in [5, 5.41) is 6.24. The molecule has 0 spiro atoms. The molecular weight excluding hydrogens is 434 g/mol. The first-order valence-corrected chi connectivity index (χ1v) is 8.27. The fourth-order valence-electron chi connectivity index (χ4n) is 2.69. The largest absolute Gasteiger partial charge is 0.379 e. The van der Waals surface area contributed by atoms with Gasteiger partial charge < -0.3 is 15.4 Å². The molecule has 5 nitrogen and oxygen atoms in total. The number of nitrogens with one attached hydrogen (secondary N) is 2. The Morgan fingerprint density at radius 3 is 2.80 bits per heavy atom. The molecule has 1 heterocycles. The van der Waals surface area contributed by atoms with Crippen molar-refractivity contribution in [3.63, 3.8) is 0 Å². The van der Waals surface area contributed by atoms with Gasteiger partial charge in [-0.15, -0.1) is 30.4 Å². The molecule has 1 saturated heterocycles. The monoisotopic (exact) mass is 460 g/mol. The highest BCUT2D eigenvalue weighted by molar-refractivity contribution is 14.0.